The lowest BCUT2D eigenvalue weighted by atomic mass is 9.96. The van der Waals surface area contributed by atoms with Crippen LogP contribution in [0, 0.1) is 0 Å². The third kappa shape index (κ3) is 2.70. The van der Waals surface area contributed by atoms with Crippen molar-refractivity contribution in [2.24, 2.45) is 0 Å². The Morgan fingerprint density at radius 3 is 2.73 bits per heavy atom. The molecule has 80 valence electrons. The van der Waals surface area contributed by atoms with Crippen LogP contribution >= 0.6 is 0 Å². The van der Waals surface area contributed by atoms with E-state index in [0.717, 1.165) is 12.2 Å². The molecule has 0 saturated carbocycles. The molecule has 0 bridgehead atoms. The lowest BCUT2D eigenvalue weighted by Crippen LogP contribution is -2.29. The highest BCUT2D eigenvalue weighted by Crippen LogP contribution is 2.29. The van der Waals surface area contributed by atoms with Crippen molar-refractivity contribution in [2.45, 2.75) is 12.0 Å². The highest BCUT2D eigenvalue weighted by Gasteiger charge is 2.33. The van der Waals surface area contributed by atoms with Gasteiger partial charge in [0.1, 0.15) is 0 Å². The first kappa shape index (κ1) is 9.98. The Balaban J connectivity index is 2.03. The van der Waals surface area contributed by atoms with E-state index in [-0.39, 0.29) is 12.0 Å². The monoisotopic (exact) mass is 207 g/mol. The zero-order valence-corrected chi connectivity index (χ0v) is 8.22. The van der Waals surface area contributed by atoms with Crippen molar-refractivity contribution in [1.82, 2.24) is 5.32 Å². The number of epoxide rings is 1. The van der Waals surface area contributed by atoms with Crippen LogP contribution in [0.1, 0.15) is 11.5 Å². The van der Waals surface area contributed by atoms with Crippen LogP contribution in [0.3, 0.4) is 0 Å². The summed E-state index contributed by atoms with van der Waals surface area (Å²) < 4.78 is 5.22. The van der Waals surface area contributed by atoms with Crippen LogP contribution in [0.15, 0.2) is 30.3 Å². The van der Waals surface area contributed by atoms with E-state index in [4.69, 9.17) is 9.84 Å². The molecule has 15 heavy (non-hydrogen) atoms. The lowest BCUT2D eigenvalue weighted by molar-refractivity contribution is 0.193. The second-order valence-electron chi connectivity index (χ2n) is 3.58. The maximum Gasteiger partial charge on any atom is 0.404 e. The van der Waals surface area contributed by atoms with Crippen molar-refractivity contribution in [2.75, 3.05) is 13.2 Å². The fraction of sp³-hybridized carbons (Fsp3) is 0.364. The number of amides is 1. The standard InChI is InChI=1S/C11H13NO3/c13-11(14)12-6-9(10-7-15-10)8-4-2-1-3-5-8/h1-5,9-10,12H,6-7H2,(H,13,14)/t9-,10+/m0/s1. The van der Waals surface area contributed by atoms with Crippen molar-refractivity contribution in [3.63, 3.8) is 0 Å². The van der Waals surface area contributed by atoms with Gasteiger partial charge in [-0.2, -0.15) is 0 Å². The number of ether oxygens (including phenoxy) is 1. The average molecular weight is 207 g/mol. The van der Waals surface area contributed by atoms with Gasteiger partial charge in [-0.05, 0) is 5.56 Å². The van der Waals surface area contributed by atoms with Gasteiger partial charge in [0.05, 0.1) is 12.7 Å². The van der Waals surface area contributed by atoms with E-state index < -0.39 is 6.09 Å². The highest BCUT2D eigenvalue weighted by atomic mass is 16.6. The Morgan fingerprint density at radius 2 is 2.20 bits per heavy atom. The summed E-state index contributed by atoms with van der Waals surface area (Å²) in [4.78, 5) is 10.4. The van der Waals surface area contributed by atoms with E-state index in [0.29, 0.717) is 6.54 Å². The molecular formula is C11H13NO3. The molecule has 1 aliphatic heterocycles. The smallest absolute Gasteiger partial charge is 0.404 e. The van der Waals surface area contributed by atoms with Gasteiger partial charge in [0.2, 0.25) is 0 Å². The second-order valence-corrected chi connectivity index (χ2v) is 3.58. The van der Waals surface area contributed by atoms with E-state index in [1.165, 1.54) is 0 Å². The number of benzene rings is 1. The van der Waals surface area contributed by atoms with Crippen LogP contribution < -0.4 is 5.32 Å². The van der Waals surface area contributed by atoms with Crippen LogP contribution in [-0.2, 0) is 4.74 Å². The van der Waals surface area contributed by atoms with Gasteiger partial charge < -0.3 is 15.2 Å². The molecule has 0 aliphatic carbocycles. The third-order valence-electron chi connectivity index (χ3n) is 2.51. The van der Waals surface area contributed by atoms with E-state index in [1.807, 2.05) is 30.3 Å². The van der Waals surface area contributed by atoms with E-state index in [9.17, 15) is 4.79 Å². The fourth-order valence-electron chi connectivity index (χ4n) is 1.65. The summed E-state index contributed by atoms with van der Waals surface area (Å²) in [5, 5.41) is 11.0. The van der Waals surface area contributed by atoms with Gasteiger partial charge in [-0.15, -0.1) is 0 Å². The van der Waals surface area contributed by atoms with E-state index in [1.54, 1.807) is 0 Å². The Labute approximate surface area is 87.9 Å². The van der Waals surface area contributed by atoms with E-state index >= 15 is 0 Å². The molecule has 4 heteroatoms. The molecule has 2 N–H and O–H groups in total. The minimum atomic E-state index is -0.989. The van der Waals surface area contributed by atoms with Crippen molar-refractivity contribution in [3.8, 4) is 0 Å². The fourth-order valence-corrected chi connectivity index (χ4v) is 1.65. The summed E-state index contributed by atoms with van der Waals surface area (Å²) in [7, 11) is 0. The summed E-state index contributed by atoms with van der Waals surface area (Å²) >= 11 is 0. The van der Waals surface area contributed by atoms with Gasteiger partial charge in [-0.1, -0.05) is 30.3 Å². The predicted molar refractivity (Wildman–Crippen MR) is 55.0 cm³/mol. The molecule has 1 heterocycles. The van der Waals surface area contributed by atoms with Gasteiger partial charge in [-0.3, -0.25) is 0 Å². The third-order valence-corrected chi connectivity index (χ3v) is 2.51. The molecule has 1 fully saturated rings. The SMILES string of the molecule is O=C(O)NC[C@@H](c1ccccc1)[C@H]1CO1. The molecule has 1 amide bonds. The number of hydrogen-bond donors (Lipinski definition) is 2. The van der Waals surface area contributed by atoms with E-state index in [2.05, 4.69) is 5.32 Å². The van der Waals surface area contributed by atoms with Crippen LogP contribution in [0.25, 0.3) is 0 Å². The first-order chi connectivity index (χ1) is 7.27. The van der Waals surface area contributed by atoms with Crippen molar-refractivity contribution < 1.29 is 14.6 Å². The maximum atomic E-state index is 10.4. The molecule has 1 aliphatic rings. The molecule has 0 radical (unpaired) electrons. The molecule has 0 aromatic heterocycles. The largest absolute Gasteiger partial charge is 0.465 e. The first-order valence-electron chi connectivity index (χ1n) is 4.90. The Hall–Kier alpha value is -1.55. The summed E-state index contributed by atoms with van der Waals surface area (Å²) in [6.07, 6.45) is -0.823. The summed E-state index contributed by atoms with van der Waals surface area (Å²) in [6.45, 7) is 1.13. The highest BCUT2D eigenvalue weighted by molar-refractivity contribution is 5.64. The number of hydrogen-bond acceptors (Lipinski definition) is 2. The predicted octanol–water partition coefficient (Wildman–Crippen LogP) is 1.44. The summed E-state index contributed by atoms with van der Waals surface area (Å²) in [6, 6.07) is 9.83. The number of carbonyl (C=O) groups is 1. The minimum Gasteiger partial charge on any atom is -0.465 e. The van der Waals surface area contributed by atoms with Crippen LogP contribution in [0.4, 0.5) is 4.79 Å². The number of nitrogens with one attached hydrogen (secondary N) is 1. The molecule has 0 unspecified atom stereocenters. The topological polar surface area (TPSA) is 61.9 Å². The van der Waals surface area contributed by atoms with Gasteiger partial charge in [-0.25, -0.2) is 4.79 Å². The van der Waals surface area contributed by atoms with Gasteiger partial charge in [0, 0.05) is 12.5 Å². The summed E-state index contributed by atoms with van der Waals surface area (Å²) in [5.74, 6) is 0.127. The number of rotatable bonds is 4. The van der Waals surface area contributed by atoms with Crippen molar-refractivity contribution >= 4 is 6.09 Å². The summed E-state index contributed by atoms with van der Waals surface area (Å²) in [5.41, 5.74) is 1.12. The molecule has 1 saturated heterocycles. The van der Waals surface area contributed by atoms with Gasteiger partial charge >= 0.3 is 6.09 Å². The minimum absolute atomic E-state index is 0.127. The molecule has 1 aromatic rings. The quantitative estimate of drug-likeness (QED) is 0.734. The van der Waals surface area contributed by atoms with Gasteiger partial charge in [0.15, 0.2) is 0 Å². The van der Waals surface area contributed by atoms with Crippen LogP contribution in [-0.4, -0.2) is 30.5 Å². The maximum absolute atomic E-state index is 10.4. The van der Waals surface area contributed by atoms with Crippen molar-refractivity contribution in [1.29, 1.82) is 0 Å². The zero-order valence-electron chi connectivity index (χ0n) is 8.22. The second kappa shape index (κ2) is 4.31. The van der Waals surface area contributed by atoms with Crippen LogP contribution in [0.2, 0.25) is 0 Å². The Bertz CT molecular complexity index is 335. The average Bonchev–Trinajstić information content (AvgIpc) is 3.03. The molecule has 4 nitrogen and oxygen atoms in total. The Kier molecular flexibility index (Phi) is 2.87. The van der Waals surface area contributed by atoms with Gasteiger partial charge in [0.25, 0.3) is 0 Å². The molecular weight excluding hydrogens is 194 g/mol. The molecule has 1 aromatic carbocycles. The van der Waals surface area contributed by atoms with Crippen LogP contribution in [0.5, 0.6) is 0 Å². The normalized spacial score (nSPS) is 20.7. The molecule has 0 spiro atoms. The molecule has 2 rings (SSSR count). The number of carboxylic acid groups (broad SMARTS) is 1. The van der Waals surface area contributed by atoms with Crippen molar-refractivity contribution in [3.05, 3.63) is 35.9 Å². The Morgan fingerprint density at radius 1 is 1.53 bits per heavy atom. The lowest BCUT2D eigenvalue weighted by Gasteiger charge is -2.14. The molecule has 2 atom stereocenters. The first-order valence-corrected chi connectivity index (χ1v) is 4.90. The zero-order chi connectivity index (χ0) is 10.7.